The molecule has 1 fully saturated rings. The Labute approximate surface area is 165 Å². The van der Waals surface area contributed by atoms with Gasteiger partial charge in [-0.1, -0.05) is 30.3 Å². The second kappa shape index (κ2) is 7.94. The molecule has 2 aromatic carbocycles. The number of ether oxygens (including phenoxy) is 2. The Hall–Kier alpha value is -2.75. The molecule has 1 saturated heterocycles. The Morgan fingerprint density at radius 2 is 1.69 bits per heavy atom. The lowest BCUT2D eigenvalue weighted by atomic mass is 9.99. The minimum Gasteiger partial charge on any atom is -0.462 e. The summed E-state index contributed by atoms with van der Waals surface area (Å²) >= 11 is 0. The lowest BCUT2D eigenvalue weighted by Crippen LogP contribution is -2.60. The van der Waals surface area contributed by atoms with Gasteiger partial charge in [0.05, 0.1) is 12.0 Å². The number of hydrogen-bond acceptors (Lipinski definition) is 8. The molecule has 4 rings (SSSR count). The van der Waals surface area contributed by atoms with Crippen LogP contribution in [0.4, 0.5) is 0 Å². The van der Waals surface area contributed by atoms with E-state index < -0.39 is 37.3 Å². The maximum Gasteiger partial charge on any atom is 0.229 e. The molecule has 29 heavy (non-hydrogen) atoms. The van der Waals surface area contributed by atoms with Crippen LogP contribution in [0.15, 0.2) is 63.8 Å². The average Bonchev–Trinajstić information content (AvgIpc) is 2.75. The number of fused-ring (bicyclic) bond motifs is 1. The van der Waals surface area contributed by atoms with E-state index in [1.54, 1.807) is 6.07 Å². The third-order valence-electron chi connectivity index (χ3n) is 4.86. The van der Waals surface area contributed by atoms with Crippen molar-refractivity contribution in [2.75, 3.05) is 6.61 Å². The fourth-order valence-electron chi connectivity index (χ4n) is 3.25. The monoisotopic (exact) mass is 400 g/mol. The van der Waals surface area contributed by atoms with E-state index in [0.717, 1.165) is 5.56 Å². The van der Waals surface area contributed by atoms with Gasteiger partial charge in [-0.2, -0.15) is 0 Å². The molecule has 2 heterocycles. The zero-order valence-corrected chi connectivity index (χ0v) is 15.2. The van der Waals surface area contributed by atoms with Crippen LogP contribution in [-0.4, -0.2) is 57.7 Å². The Balaban J connectivity index is 1.63. The van der Waals surface area contributed by atoms with Crippen molar-refractivity contribution in [1.82, 2.24) is 0 Å². The van der Waals surface area contributed by atoms with Gasteiger partial charge in [-0.25, -0.2) is 0 Å². The first kappa shape index (κ1) is 19.6. The molecule has 4 N–H and O–H groups in total. The summed E-state index contributed by atoms with van der Waals surface area (Å²) in [5.74, 6) is 0.632. The fraction of sp³-hybridized carbons (Fsp3) is 0.286. The summed E-state index contributed by atoms with van der Waals surface area (Å²) in [5, 5.41) is 39.3. The molecule has 8 nitrogen and oxygen atoms in total. The van der Waals surface area contributed by atoms with Gasteiger partial charge in [0.2, 0.25) is 6.29 Å². The normalized spacial score (nSPS) is 27.1. The summed E-state index contributed by atoms with van der Waals surface area (Å²) < 4.78 is 16.7. The highest BCUT2D eigenvalue weighted by molar-refractivity contribution is 5.80. The van der Waals surface area contributed by atoms with E-state index in [2.05, 4.69) is 0 Å². The van der Waals surface area contributed by atoms with E-state index in [1.165, 1.54) is 18.2 Å². The van der Waals surface area contributed by atoms with Crippen molar-refractivity contribution >= 4 is 11.0 Å². The van der Waals surface area contributed by atoms with Crippen molar-refractivity contribution in [2.45, 2.75) is 30.7 Å². The van der Waals surface area contributed by atoms with Gasteiger partial charge in [-0.3, -0.25) is 4.79 Å². The van der Waals surface area contributed by atoms with Gasteiger partial charge in [0.15, 0.2) is 5.43 Å². The van der Waals surface area contributed by atoms with Gasteiger partial charge in [0, 0.05) is 11.6 Å². The minimum atomic E-state index is -1.55. The Kier molecular flexibility index (Phi) is 5.35. The molecule has 3 aromatic rings. The third kappa shape index (κ3) is 3.76. The maximum atomic E-state index is 12.6. The van der Waals surface area contributed by atoms with Crippen molar-refractivity contribution in [3.8, 4) is 17.1 Å². The molecule has 1 aliphatic rings. The molecule has 0 bridgehead atoms. The van der Waals surface area contributed by atoms with E-state index in [9.17, 15) is 25.2 Å². The van der Waals surface area contributed by atoms with Gasteiger partial charge in [0.1, 0.15) is 41.5 Å². The quantitative estimate of drug-likeness (QED) is 0.502. The zero-order valence-electron chi connectivity index (χ0n) is 15.2. The molecule has 1 aromatic heterocycles. The minimum absolute atomic E-state index is 0.196. The topological polar surface area (TPSA) is 130 Å². The first-order valence-corrected chi connectivity index (χ1v) is 9.08. The van der Waals surface area contributed by atoms with Gasteiger partial charge in [-0.05, 0) is 18.2 Å². The number of aliphatic hydroxyl groups is 4. The van der Waals surface area contributed by atoms with Crippen LogP contribution in [0.1, 0.15) is 0 Å². The summed E-state index contributed by atoms with van der Waals surface area (Å²) in [6.07, 6.45) is -6.99. The van der Waals surface area contributed by atoms with E-state index in [0.29, 0.717) is 11.3 Å². The molecule has 152 valence electrons. The van der Waals surface area contributed by atoms with Crippen LogP contribution in [-0.2, 0) is 4.74 Å². The van der Waals surface area contributed by atoms with Crippen LogP contribution in [0.3, 0.4) is 0 Å². The molecule has 0 radical (unpaired) electrons. The SMILES string of the molecule is O=c1cc(-c2ccccc2)oc2ccc(O[C@H]3O[C@H](CO)[C@@H](O)[C@@H](O)[C@H]3O)cc12. The van der Waals surface area contributed by atoms with Crippen LogP contribution in [0.5, 0.6) is 5.75 Å². The van der Waals surface area contributed by atoms with Crippen molar-refractivity contribution in [2.24, 2.45) is 0 Å². The molecular formula is C21H20O8. The van der Waals surface area contributed by atoms with E-state index in [-0.39, 0.29) is 16.6 Å². The van der Waals surface area contributed by atoms with E-state index in [4.69, 9.17) is 13.9 Å². The van der Waals surface area contributed by atoms with Gasteiger partial charge in [0.25, 0.3) is 0 Å². The smallest absolute Gasteiger partial charge is 0.229 e. The average molecular weight is 400 g/mol. The Bertz CT molecular complexity index is 1050. The first-order valence-electron chi connectivity index (χ1n) is 9.08. The summed E-state index contributed by atoms with van der Waals surface area (Å²) in [6, 6.07) is 15.1. The molecule has 5 atom stereocenters. The predicted molar refractivity (Wildman–Crippen MR) is 102 cm³/mol. The number of rotatable bonds is 4. The van der Waals surface area contributed by atoms with Crippen molar-refractivity contribution in [1.29, 1.82) is 0 Å². The maximum absolute atomic E-state index is 12.6. The van der Waals surface area contributed by atoms with E-state index in [1.807, 2.05) is 30.3 Å². The Morgan fingerprint density at radius 1 is 0.931 bits per heavy atom. The van der Waals surface area contributed by atoms with E-state index >= 15 is 0 Å². The lowest BCUT2D eigenvalue weighted by Gasteiger charge is -2.39. The van der Waals surface area contributed by atoms with Crippen LogP contribution >= 0.6 is 0 Å². The molecule has 0 amide bonds. The van der Waals surface area contributed by atoms with Crippen LogP contribution < -0.4 is 10.2 Å². The van der Waals surface area contributed by atoms with Gasteiger partial charge < -0.3 is 34.3 Å². The zero-order chi connectivity index (χ0) is 20.5. The molecule has 1 aliphatic heterocycles. The second-order valence-corrected chi connectivity index (χ2v) is 6.81. The first-order chi connectivity index (χ1) is 14.0. The lowest BCUT2D eigenvalue weighted by molar-refractivity contribution is -0.277. The molecule has 0 aliphatic carbocycles. The van der Waals surface area contributed by atoms with Crippen molar-refractivity contribution in [3.05, 3.63) is 64.8 Å². The summed E-state index contributed by atoms with van der Waals surface area (Å²) in [4.78, 5) is 12.6. The van der Waals surface area contributed by atoms with Crippen LogP contribution in [0.2, 0.25) is 0 Å². The third-order valence-corrected chi connectivity index (χ3v) is 4.86. The highest BCUT2D eigenvalue weighted by Gasteiger charge is 2.44. The standard InChI is InChI=1S/C21H20O8/c22-10-17-18(24)19(25)20(26)21(29-17)27-12-6-7-15-13(8-12)14(23)9-16(28-15)11-4-2-1-3-5-11/h1-9,17-22,24-26H,10H2/t17-,18-,19-,20-,21+/m1/s1. The molecule has 0 saturated carbocycles. The fourth-order valence-corrected chi connectivity index (χ4v) is 3.25. The number of benzene rings is 2. The number of aliphatic hydroxyl groups excluding tert-OH is 4. The van der Waals surface area contributed by atoms with Crippen LogP contribution in [0, 0.1) is 0 Å². The predicted octanol–water partition coefficient (Wildman–Crippen LogP) is 0.639. The highest BCUT2D eigenvalue weighted by atomic mass is 16.7. The highest BCUT2D eigenvalue weighted by Crippen LogP contribution is 2.27. The molecular weight excluding hydrogens is 380 g/mol. The van der Waals surface area contributed by atoms with Gasteiger partial charge >= 0.3 is 0 Å². The summed E-state index contributed by atoms with van der Waals surface area (Å²) in [7, 11) is 0. The molecule has 0 unspecified atom stereocenters. The van der Waals surface area contributed by atoms with Crippen molar-refractivity contribution < 1.29 is 34.3 Å². The van der Waals surface area contributed by atoms with Crippen molar-refractivity contribution in [3.63, 3.8) is 0 Å². The summed E-state index contributed by atoms with van der Waals surface area (Å²) in [5.41, 5.74) is 0.856. The number of hydrogen-bond donors (Lipinski definition) is 4. The Morgan fingerprint density at radius 3 is 2.41 bits per heavy atom. The largest absolute Gasteiger partial charge is 0.462 e. The molecule has 8 heteroatoms. The second-order valence-electron chi connectivity index (χ2n) is 6.81. The summed E-state index contributed by atoms with van der Waals surface area (Å²) in [6.45, 7) is -0.561. The van der Waals surface area contributed by atoms with Gasteiger partial charge in [-0.15, -0.1) is 0 Å². The molecule has 0 spiro atoms. The van der Waals surface area contributed by atoms with Crippen LogP contribution in [0.25, 0.3) is 22.3 Å².